The molecule has 20 heavy (non-hydrogen) atoms. The van der Waals surface area contributed by atoms with E-state index in [4.69, 9.17) is 21.1 Å². The van der Waals surface area contributed by atoms with E-state index < -0.39 is 0 Å². The van der Waals surface area contributed by atoms with Gasteiger partial charge in [-0.3, -0.25) is 0 Å². The molecule has 0 aromatic heterocycles. The average molecular weight is 356 g/mol. The third-order valence-corrected chi connectivity index (χ3v) is 4.07. The van der Waals surface area contributed by atoms with Gasteiger partial charge < -0.3 is 9.47 Å². The van der Waals surface area contributed by atoms with E-state index in [1.807, 2.05) is 49.4 Å². The molecular weight excluding hydrogens is 340 g/mol. The lowest BCUT2D eigenvalue weighted by atomic mass is 10.0. The van der Waals surface area contributed by atoms with Crippen LogP contribution in [0.5, 0.6) is 11.5 Å². The summed E-state index contributed by atoms with van der Waals surface area (Å²) in [5.74, 6) is 1.61. The van der Waals surface area contributed by atoms with Gasteiger partial charge in [-0.2, -0.15) is 0 Å². The summed E-state index contributed by atoms with van der Waals surface area (Å²) in [6.45, 7) is 2.58. The molecule has 0 bridgehead atoms. The van der Waals surface area contributed by atoms with E-state index in [2.05, 4.69) is 15.9 Å². The van der Waals surface area contributed by atoms with Crippen LogP contribution in [0.4, 0.5) is 0 Å². The first-order chi connectivity index (χ1) is 9.67. The van der Waals surface area contributed by atoms with Crippen LogP contribution in [0.25, 0.3) is 0 Å². The molecule has 0 aliphatic carbocycles. The number of halogens is 2. The van der Waals surface area contributed by atoms with Crippen molar-refractivity contribution in [2.45, 2.75) is 12.3 Å². The van der Waals surface area contributed by atoms with Gasteiger partial charge in [0.05, 0.1) is 23.6 Å². The quantitative estimate of drug-likeness (QED) is 0.688. The van der Waals surface area contributed by atoms with Crippen LogP contribution in [0, 0.1) is 0 Å². The van der Waals surface area contributed by atoms with Crippen molar-refractivity contribution in [3.63, 3.8) is 0 Å². The zero-order chi connectivity index (χ0) is 14.5. The molecule has 0 spiro atoms. The average Bonchev–Trinajstić information content (AvgIpc) is 2.47. The summed E-state index contributed by atoms with van der Waals surface area (Å²) >= 11 is 10.1. The lowest BCUT2D eigenvalue weighted by Gasteiger charge is -2.16. The first-order valence-corrected chi connectivity index (χ1v) is 7.59. The van der Waals surface area contributed by atoms with E-state index in [0.29, 0.717) is 6.61 Å². The van der Waals surface area contributed by atoms with Gasteiger partial charge in [-0.15, -0.1) is 11.6 Å². The first kappa shape index (κ1) is 15.2. The molecule has 106 valence electrons. The fourth-order valence-electron chi connectivity index (χ4n) is 2.00. The van der Waals surface area contributed by atoms with Gasteiger partial charge in [0.2, 0.25) is 0 Å². The molecule has 0 aliphatic heterocycles. The largest absolute Gasteiger partial charge is 0.496 e. The van der Waals surface area contributed by atoms with Crippen LogP contribution >= 0.6 is 27.5 Å². The number of para-hydroxylation sites is 1. The Morgan fingerprint density at radius 1 is 1.15 bits per heavy atom. The van der Waals surface area contributed by atoms with E-state index in [0.717, 1.165) is 27.1 Å². The number of hydrogen-bond acceptors (Lipinski definition) is 2. The first-order valence-electron chi connectivity index (χ1n) is 6.36. The zero-order valence-electron chi connectivity index (χ0n) is 11.4. The van der Waals surface area contributed by atoms with Crippen LogP contribution in [0.1, 0.15) is 23.4 Å². The van der Waals surface area contributed by atoms with Gasteiger partial charge in [0, 0.05) is 5.56 Å². The predicted molar refractivity (Wildman–Crippen MR) is 86.0 cm³/mol. The van der Waals surface area contributed by atoms with Crippen molar-refractivity contribution in [1.82, 2.24) is 0 Å². The highest BCUT2D eigenvalue weighted by Gasteiger charge is 2.16. The molecule has 1 unspecified atom stereocenters. The highest BCUT2D eigenvalue weighted by Crippen LogP contribution is 2.37. The standard InChI is InChI=1S/C16H16BrClO2/c1-3-20-14-7-5-4-6-12(14)16(18)11-8-9-15(19-2)13(17)10-11/h4-10,16H,3H2,1-2H3. The van der Waals surface area contributed by atoms with Gasteiger partial charge in [0.1, 0.15) is 11.5 Å². The third-order valence-electron chi connectivity index (χ3n) is 2.96. The number of alkyl halides is 1. The maximum atomic E-state index is 6.60. The summed E-state index contributed by atoms with van der Waals surface area (Å²) in [4.78, 5) is 0. The Bertz CT molecular complexity index is 586. The second kappa shape index (κ2) is 7.00. The van der Waals surface area contributed by atoms with Gasteiger partial charge in [-0.1, -0.05) is 24.3 Å². The molecule has 2 rings (SSSR count). The molecule has 1 atom stereocenters. The summed E-state index contributed by atoms with van der Waals surface area (Å²) in [5, 5.41) is -0.264. The van der Waals surface area contributed by atoms with Gasteiger partial charge in [-0.05, 0) is 46.6 Å². The Morgan fingerprint density at radius 3 is 2.55 bits per heavy atom. The van der Waals surface area contributed by atoms with Crippen molar-refractivity contribution in [2.75, 3.05) is 13.7 Å². The summed E-state index contributed by atoms with van der Waals surface area (Å²) in [7, 11) is 1.64. The minimum absolute atomic E-state index is 0.264. The number of ether oxygens (including phenoxy) is 2. The number of rotatable bonds is 5. The smallest absolute Gasteiger partial charge is 0.133 e. The second-order valence-corrected chi connectivity index (χ2v) is 5.52. The van der Waals surface area contributed by atoms with Crippen LogP contribution in [0.15, 0.2) is 46.9 Å². The molecule has 2 aromatic rings. The minimum atomic E-state index is -0.264. The second-order valence-electron chi connectivity index (χ2n) is 4.23. The Labute approximate surface area is 132 Å². The predicted octanol–water partition coefficient (Wildman–Crippen LogP) is 5.18. The SMILES string of the molecule is CCOc1ccccc1C(Cl)c1ccc(OC)c(Br)c1. The van der Waals surface area contributed by atoms with Crippen molar-refractivity contribution in [2.24, 2.45) is 0 Å². The van der Waals surface area contributed by atoms with Crippen molar-refractivity contribution >= 4 is 27.5 Å². The van der Waals surface area contributed by atoms with Crippen molar-refractivity contribution in [1.29, 1.82) is 0 Å². The molecular formula is C16H16BrClO2. The van der Waals surface area contributed by atoms with Gasteiger partial charge >= 0.3 is 0 Å². The molecule has 0 saturated carbocycles. The van der Waals surface area contributed by atoms with E-state index >= 15 is 0 Å². The Kier molecular flexibility index (Phi) is 5.32. The number of hydrogen-bond donors (Lipinski definition) is 0. The van der Waals surface area contributed by atoms with Crippen LogP contribution in [-0.4, -0.2) is 13.7 Å². The zero-order valence-corrected chi connectivity index (χ0v) is 13.7. The number of benzene rings is 2. The molecule has 2 aromatic carbocycles. The monoisotopic (exact) mass is 354 g/mol. The molecule has 0 radical (unpaired) electrons. The molecule has 0 saturated heterocycles. The summed E-state index contributed by atoms with van der Waals surface area (Å²) in [6, 6.07) is 13.7. The molecule has 0 amide bonds. The maximum absolute atomic E-state index is 6.60. The molecule has 0 aliphatic rings. The molecule has 0 N–H and O–H groups in total. The van der Waals surface area contributed by atoms with Crippen LogP contribution in [0.3, 0.4) is 0 Å². The number of methoxy groups -OCH3 is 1. The molecule has 0 fully saturated rings. The lowest BCUT2D eigenvalue weighted by Crippen LogP contribution is -2.00. The fourth-order valence-corrected chi connectivity index (χ4v) is 2.87. The van der Waals surface area contributed by atoms with E-state index in [1.54, 1.807) is 7.11 Å². The maximum Gasteiger partial charge on any atom is 0.133 e. The van der Waals surface area contributed by atoms with Crippen LogP contribution < -0.4 is 9.47 Å². The van der Waals surface area contributed by atoms with Crippen molar-refractivity contribution < 1.29 is 9.47 Å². The Morgan fingerprint density at radius 2 is 1.90 bits per heavy atom. The summed E-state index contributed by atoms with van der Waals surface area (Å²) in [5.41, 5.74) is 1.96. The third kappa shape index (κ3) is 3.28. The van der Waals surface area contributed by atoms with Crippen molar-refractivity contribution in [3.05, 3.63) is 58.1 Å². The highest BCUT2D eigenvalue weighted by molar-refractivity contribution is 9.10. The molecule has 4 heteroatoms. The van der Waals surface area contributed by atoms with Crippen LogP contribution in [0.2, 0.25) is 0 Å². The Hall–Kier alpha value is -1.19. The van der Waals surface area contributed by atoms with Gasteiger partial charge in [0.25, 0.3) is 0 Å². The van der Waals surface area contributed by atoms with E-state index in [1.165, 1.54) is 0 Å². The molecule has 0 heterocycles. The fraction of sp³-hybridized carbons (Fsp3) is 0.250. The summed E-state index contributed by atoms with van der Waals surface area (Å²) < 4.78 is 11.8. The van der Waals surface area contributed by atoms with Gasteiger partial charge in [-0.25, -0.2) is 0 Å². The summed E-state index contributed by atoms with van der Waals surface area (Å²) in [6.07, 6.45) is 0. The lowest BCUT2D eigenvalue weighted by molar-refractivity contribution is 0.337. The van der Waals surface area contributed by atoms with E-state index in [-0.39, 0.29) is 5.38 Å². The van der Waals surface area contributed by atoms with Crippen LogP contribution in [-0.2, 0) is 0 Å². The van der Waals surface area contributed by atoms with Crippen molar-refractivity contribution in [3.8, 4) is 11.5 Å². The minimum Gasteiger partial charge on any atom is -0.496 e. The molecule has 2 nitrogen and oxygen atoms in total. The van der Waals surface area contributed by atoms with E-state index in [9.17, 15) is 0 Å². The highest BCUT2D eigenvalue weighted by atomic mass is 79.9. The topological polar surface area (TPSA) is 18.5 Å². The normalized spacial score (nSPS) is 12.0. The van der Waals surface area contributed by atoms with Gasteiger partial charge in [0.15, 0.2) is 0 Å². The Balaban J connectivity index is 2.36.